The van der Waals surface area contributed by atoms with E-state index in [0.29, 0.717) is 33.4 Å². The summed E-state index contributed by atoms with van der Waals surface area (Å²) in [6.07, 6.45) is 1.31. The first-order valence-electron chi connectivity index (χ1n) is 8.66. The van der Waals surface area contributed by atoms with Crippen molar-refractivity contribution >= 4 is 45.7 Å². The third-order valence-corrected chi connectivity index (χ3v) is 5.79. The lowest BCUT2D eigenvalue weighted by atomic mass is 10.2. The first-order chi connectivity index (χ1) is 13.5. The van der Waals surface area contributed by atoms with E-state index in [1.807, 2.05) is 48.9 Å². The van der Waals surface area contributed by atoms with E-state index in [4.69, 9.17) is 16.3 Å². The van der Waals surface area contributed by atoms with E-state index in [1.165, 1.54) is 23.1 Å². The smallest absolute Gasteiger partial charge is 0.236 e. The van der Waals surface area contributed by atoms with Crippen molar-refractivity contribution < 1.29 is 9.53 Å². The van der Waals surface area contributed by atoms with E-state index in [9.17, 15) is 4.79 Å². The van der Waals surface area contributed by atoms with Crippen LogP contribution < -0.4 is 10.1 Å². The summed E-state index contributed by atoms with van der Waals surface area (Å²) in [7, 11) is 0. The molecule has 1 N–H and O–H groups in total. The summed E-state index contributed by atoms with van der Waals surface area (Å²) >= 11 is 8.93. The van der Waals surface area contributed by atoms with Crippen LogP contribution in [0.1, 0.15) is 31.3 Å². The summed E-state index contributed by atoms with van der Waals surface area (Å²) in [5.74, 6) is 1.37. The summed E-state index contributed by atoms with van der Waals surface area (Å²) in [6, 6.07) is 5.63. The van der Waals surface area contributed by atoms with Crippen molar-refractivity contribution in [1.82, 2.24) is 19.7 Å². The van der Waals surface area contributed by atoms with Crippen LogP contribution in [0.5, 0.6) is 5.75 Å². The van der Waals surface area contributed by atoms with Crippen LogP contribution in [0.3, 0.4) is 0 Å². The van der Waals surface area contributed by atoms with Crippen LogP contribution in [0, 0.1) is 6.92 Å². The zero-order chi connectivity index (χ0) is 20.1. The average Bonchev–Trinajstić information content (AvgIpc) is 3.32. The highest BCUT2D eigenvalue weighted by molar-refractivity contribution is 7.99. The quantitative estimate of drug-likeness (QED) is 0.519. The van der Waals surface area contributed by atoms with Crippen molar-refractivity contribution in [2.24, 2.45) is 0 Å². The number of thiazole rings is 1. The Bertz CT molecular complexity index is 946. The van der Waals surface area contributed by atoms with Gasteiger partial charge in [-0.2, -0.15) is 0 Å². The van der Waals surface area contributed by atoms with Gasteiger partial charge in [0, 0.05) is 18.1 Å². The highest BCUT2D eigenvalue weighted by atomic mass is 35.5. The van der Waals surface area contributed by atoms with Crippen molar-refractivity contribution in [3.8, 4) is 5.75 Å². The Balaban J connectivity index is 1.67. The van der Waals surface area contributed by atoms with Crippen molar-refractivity contribution in [1.29, 1.82) is 0 Å². The number of rotatable bonds is 8. The Morgan fingerprint density at radius 3 is 2.96 bits per heavy atom. The fraction of sp³-hybridized carbons (Fsp3) is 0.333. The Kier molecular flexibility index (Phi) is 6.93. The summed E-state index contributed by atoms with van der Waals surface area (Å²) in [6.45, 7) is 6.54. The van der Waals surface area contributed by atoms with Gasteiger partial charge in [-0.1, -0.05) is 29.4 Å². The topological polar surface area (TPSA) is 81.9 Å². The lowest BCUT2D eigenvalue weighted by molar-refractivity contribution is -0.113. The predicted molar refractivity (Wildman–Crippen MR) is 112 cm³/mol. The molecule has 1 aromatic carbocycles. The second kappa shape index (κ2) is 9.40. The van der Waals surface area contributed by atoms with E-state index in [2.05, 4.69) is 20.5 Å². The van der Waals surface area contributed by atoms with Gasteiger partial charge < -0.3 is 14.6 Å². The van der Waals surface area contributed by atoms with Gasteiger partial charge >= 0.3 is 0 Å². The van der Waals surface area contributed by atoms with Gasteiger partial charge in [0.05, 0.1) is 10.8 Å². The molecular weight excluding hydrogens is 418 g/mol. The third-order valence-electron chi connectivity index (χ3n) is 3.83. The average molecular weight is 438 g/mol. The van der Waals surface area contributed by atoms with Crippen LogP contribution in [-0.4, -0.2) is 31.4 Å². The number of benzene rings is 1. The number of carbonyl (C=O) groups is 1. The number of thioether (sulfide) groups is 1. The minimum atomic E-state index is -0.342. The zero-order valence-corrected chi connectivity index (χ0v) is 18.1. The molecule has 28 heavy (non-hydrogen) atoms. The van der Waals surface area contributed by atoms with E-state index in [1.54, 1.807) is 6.20 Å². The number of nitrogens with one attached hydrogen (secondary N) is 1. The molecule has 10 heteroatoms. The summed E-state index contributed by atoms with van der Waals surface area (Å²) < 4.78 is 7.95. The SMILES string of the molecule is CCn1c(SCC(=O)Nc2nccs2)nnc1C(C)Oc1cc(C)ccc1Cl. The van der Waals surface area contributed by atoms with Gasteiger partial charge in [0.1, 0.15) is 5.75 Å². The second-order valence-electron chi connectivity index (χ2n) is 5.95. The van der Waals surface area contributed by atoms with Gasteiger partial charge in [-0.05, 0) is 38.5 Å². The molecule has 0 aliphatic heterocycles. The fourth-order valence-electron chi connectivity index (χ4n) is 2.52. The molecule has 1 amide bonds. The van der Waals surface area contributed by atoms with Gasteiger partial charge in [0.2, 0.25) is 5.91 Å². The number of carbonyl (C=O) groups excluding carboxylic acids is 1. The molecule has 2 aromatic heterocycles. The fourth-order valence-corrected chi connectivity index (χ4v) is 4.04. The molecule has 1 unspecified atom stereocenters. The molecule has 7 nitrogen and oxygen atoms in total. The first kappa shape index (κ1) is 20.6. The first-order valence-corrected chi connectivity index (χ1v) is 10.9. The van der Waals surface area contributed by atoms with Gasteiger partial charge in [0.15, 0.2) is 22.2 Å². The summed E-state index contributed by atoms with van der Waals surface area (Å²) in [5, 5.41) is 14.9. The Hall–Kier alpha value is -2.10. The number of amides is 1. The largest absolute Gasteiger partial charge is 0.481 e. The summed E-state index contributed by atoms with van der Waals surface area (Å²) in [5.41, 5.74) is 1.06. The maximum Gasteiger partial charge on any atom is 0.236 e. The molecule has 0 saturated carbocycles. The van der Waals surface area contributed by atoms with Crippen molar-refractivity contribution in [2.75, 3.05) is 11.1 Å². The van der Waals surface area contributed by atoms with Crippen LogP contribution in [0.2, 0.25) is 5.02 Å². The van der Waals surface area contributed by atoms with Crippen molar-refractivity contribution in [2.45, 2.75) is 38.6 Å². The van der Waals surface area contributed by atoms with Crippen LogP contribution in [0.15, 0.2) is 34.9 Å². The zero-order valence-electron chi connectivity index (χ0n) is 15.7. The lowest BCUT2D eigenvalue weighted by Crippen LogP contribution is -2.15. The van der Waals surface area contributed by atoms with Crippen molar-refractivity contribution in [3.63, 3.8) is 0 Å². The van der Waals surface area contributed by atoms with Crippen molar-refractivity contribution in [3.05, 3.63) is 46.2 Å². The molecule has 1 atom stereocenters. The maximum absolute atomic E-state index is 12.1. The third kappa shape index (κ3) is 5.03. The monoisotopic (exact) mass is 437 g/mol. The van der Waals surface area contributed by atoms with E-state index >= 15 is 0 Å². The van der Waals surface area contributed by atoms with E-state index in [0.717, 1.165) is 5.56 Å². The number of hydrogen-bond acceptors (Lipinski definition) is 7. The predicted octanol–water partition coefficient (Wildman–Crippen LogP) is 4.59. The molecule has 0 fully saturated rings. The normalized spacial score (nSPS) is 12.0. The minimum absolute atomic E-state index is 0.136. The molecule has 3 aromatic rings. The standard InChI is InChI=1S/C18H20ClN5O2S2/c1-4-24-16(12(3)26-14-9-11(2)5-6-13(14)19)22-23-18(24)28-10-15(25)21-17-20-7-8-27-17/h5-9,12H,4,10H2,1-3H3,(H,20,21,25). The van der Waals surface area contributed by atoms with Crippen LogP contribution in [-0.2, 0) is 11.3 Å². The number of anilines is 1. The molecule has 3 rings (SSSR count). The Morgan fingerprint density at radius 1 is 1.43 bits per heavy atom. The van der Waals surface area contributed by atoms with Gasteiger partial charge in [-0.3, -0.25) is 4.79 Å². The molecule has 2 heterocycles. The Labute approximate surface area is 176 Å². The number of nitrogens with zero attached hydrogens (tertiary/aromatic N) is 4. The molecule has 0 spiro atoms. The number of ether oxygens (including phenoxy) is 1. The second-order valence-corrected chi connectivity index (χ2v) is 8.20. The highest BCUT2D eigenvalue weighted by Crippen LogP contribution is 2.30. The molecule has 0 saturated heterocycles. The van der Waals surface area contributed by atoms with E-state index in [-0.39, 0.29) is 17.8 Å². The van der Waals surface area contributed by atoms with Crippen LogP contribution >= 0.6 is 34.7 Å². The lowest BCUT2D eigenvalue weighted by Gasteiger charge is -2.16. The van der Waals surface area contributed by atoms with Crippen LogP contribution in [0.4, 0.5) is 5.13 Å². The molecular formula is C18H20ClN5O2S2. The molecule has 0 aliphatic rings. The maximum atomic E-state index is 12.1. The molecule has 0 aliphatic carbocycles. The molecule has 148 valence electrons. The summed E-state index contributed by atoms with van der Waals surface area (Å²) in [4.78, 5) is 16.1. The Morgan fingerprint density at radius 2 is 2.25 bits per heavy atom. The number of halogens is 1. The molecule has 0 radical (unpaired) electrons. The van der Waals surface area contributed by atoms with Gasteiger partial charge in [0.25, 0.3) is 0 Å². The highest BCUT2D eigenvalue weighted by Gasteiger charge is 2.20. The number of aryl methyl sites for hydroxylation is 1. The van der Waals surface area contributed by atoms with Gasteiger partial charge in [-0.15, -0.1) is 21.5 Å². The van der Waals surface area contributed by atoms with E-state index < -0.39 is 0 Å². The molecule has 0 bridgehead atoms. The number of hydrogen-bond donors (Lipinski definition) is 1. The van der Waals surface area contributed by atoms with Gasteiger partial charge in [-0.25, -0.2) is 4.98 Å². The number of aromatic nitrogens is 4. The van der Waals surface area contributed by atoms with Crippen LogP contribution in [0.25, 0.3) is 0 Å². The minimum Gasteiger partial charge on any atom is -0.481 e.